The van der Waals surface area contributed by atoms with Gasteiger partial charge in [0.2, 0.25) is 0 Å². The molecule has 1 fully saturated rings. The number of hydrogen-bond acceptors (Lipinski definition) is 3. The first-order chi connectivity index (χ1) is 25.8. The van der Waals surface area contributed by atoms with Crippen molar-refractivity contribution >= 4 is 29.1 Å². The van der Waals surface area contributed by atoms with Gasteiger partial charge in [-0.2, -0.15) is 0 Å². The van der Waals surface area contributed by atoms with Crippen molar-refractivity contribution < 1.29 is 0 Å². The third-order valence-electron chi connectivity index (χ3n) is 14.0. The highest BCUT2D eigenvalue weighted by atomic mass is 32.2. The lowest BCUT2D eigenvalue weighted by atomic mass is 9.52. The molecular formula is C49H49NS2. The van der Waals surface area contributed by atoms with E-state index in [9.17, 15) is 0 Å². The summed E-state index contributed by atoms with van der Waals surface area (Å²) in [5.74, 6) is 2.07. The van der Waals surface area contributed by atoms with Gasteiger partial charge >= 0.3 is 0 Å². The van der Waals surface area contributed by atoms with E-state index in [0.717, 1.165) is 19.3 Å². The zero-order valence-corrected chi connectivity index (χ0v) is 31.8. The molecule has 262 valence electrons. The van der Waals surface area contributed by atoms with E-state index in [-0.39, 0.29) is 5.41 Å². The molecule has 0 saturated carbocycles. The van der Waals surface area contributed by atoms with Gasteiger partial charge in [0.1, 0.15) is 0 Å². The molecule has 6 aliphatic carbocycles. The third kappa shape index (κ3) is 4.83. The second kappa shape index (κ2) is 12.9. The molecule has 9 aliphatic rings. The maximum Gasteiger partial charge on any atom is 0.0446 e. The Morgan fingerprint density at radius 1 is 0.731 bits per heavy atom. The van der Waals surface area contributed by atoms with E-state index < -0.39 is 0 Å². The van der Waals surface area contributed by atoms with Gasteiger partial charge in [-0.05, 0) is 140 Å². The van der Waals surface area contributed by atoms with Gasteiger partial charge in [0, 0.05) is 55.0 Å². The molecule has 1 spiro atoms. The van der Waals surface area contributed by atoms with Crippen LogP contribution in [-0.2, 0) is 5.41 Å². The minimum absolute atomic E-state index is 0.0455. The number of fused-ring (bicyclic) bond motifs is 10. The van der Waals surface area contributed by atoms with Crippen molar-refractivity contribution in [3.63, 3.8) is 0 Å². The van der Waals surface area contributed by atoms with E-state index in [1.807, 2.05) is 11.8 Å². The van der Waals surface area contributed by atoms with Crippen LogP contribution in [0.5, 0.6) is 0 Å². The standard InChI is InChI=1S/C49H49NS2/c1-3-14-32(15-4-1)36-19-13-22-41-48(36)52-46-25-12-9-21-40(46)49(41)39-20-8-11-24-45(39)51-47-29-27-34(31-42(47)49)33-26-28-44-38(30-33)37-18-7-10-23-43(37)50(44)35-16-5-2-6-17-35/h3,5,7-8,11-18,20,22,24-25,27,29-31,36,38,40-41,44,46,48H,1-2,4,6,9-10,19,21,23,26,28H2. The fourth-order valence-electron chi connectivity index (χ4n) is 11.9. The van der Waals surface area contributed by atoms with Gasteiger partial charge in [-0.15, -0.1) is 11.8 Å². The summed E-state index contributed by atoms with van der Waals surface area (Å²) in [6, 6.07) is 17.9. The Hall–Kier alpha value is -3.40. The van der Waals surface area contributed by atoms with Crippen LogP contribution in [0.15, 0.2) is 154 Å². The maximum atomic E-state index is 2.77. The number of benzene rings is 2. The smallest absolute Gasteiger partial charge is 0.0446 e. The summed E-state index contributed by atoms with van der Waals surface area (Å²) in [6.07, 6.45) is 45.8. The molecule has 3 heteroatoms. The van der Waals surface area contributed by atoms with E-state index in [1.54, 1.807) is 33.5 Å². The van der Waals surface area contributed by atoms with Crippen LogP contribution in [0, 0.1) is 23.7 Å². The highest BCUT2D eigenvalue weighted by molar-refractivity contribution is 8.00. The van der Waals surface area contributed by atoms with Crippen LogP contribution in [-0.4, -0.2) is 21.4 Å². The highest BCUT2D eigenvalue weighted by Crippen LogP contribution is 2.67. The normalized spacial score (nSPS) is 35.2. The predicted molar refractivity (Wildman–Crippen MR) is 220 cm³/mol. The van der Waals surface area contributed by atoms with Crippen LogP contribution in [0.2, 0.25) is 0 Å². The summed E-state index contributed by atoms with van der Waals surface area (Å²) >= 11 is 4.36. The predicted octanol–water partition coefficient (Wildman–Crippen LogP) is 12.7. The minimum atomic E-state index is -0.0455. The average Bonchev–Trinajstić information content (AvgIpc) is 3.55. The molecule has 8 atom stereocenters. The number of thioether (sulfide) groups is 1. The first-order valence-corrected chi connectivity index (χ1v) is 22.1. The Morgan fingerprint density at radius 3 is 2.52 bits per heavy atom. The van der Waals surface area contributed by atoms with Crippen LogP contribution in [0.4, 0.5) is 0 Å². The zero-order valence-electron chi connectivity index (χ0n) is 30.1. The fourth-order valence-corrected chi connectivity index (χ4v) is 15.1. The van der Waals surface area contributed by atoms with E-state index in [0.29, 0.717) is 40.2 Å². The molecule has 2 aromatic carbocycles. The molecule has 11 rings (SSSR count). The largest absolute Gasteiger partial charge is 0.341 e. The van der Waals surface area contributed by atoms with Crippen molar-refractivity contribution in [1.82, 2.24) is 4.90 Å². The molecular weight excluding hydrogens is 667 g/mol. The number of allylic oxidation sites excluding steroid dienone is 14. The molecule has 1 saturated heterocycles. The lowest BCUT2D eigenvalue weighted by molar-refractivity contribution is 0.191. The Bertz CT molecular complexity index is 2100. The Kier molecular flexibility index (Phi) is 7.94. The Balaban J connectivity index is 1.06. The van der Waals surface area contributed by atoms with Gasteiger partial charge in [0.25, 0.3) is 0 Å². The minimum Gasteiger partial charge on any atom is -0.341 e. The Labute approximate surface area is 319 Å². The van der Waals surface area contributed by atoms with Crippen molar-refractivity contribution in [3.05, 3.63) is 161 Å². The average molecular weight is 716 g/mol. The third-order valence-corrected chi connectivity index (χ3v) is 16.9. The van der Waals surface area contributed by atoms with Gasteiger partial charge in [0.15, 0.2) is 0 Å². The number of rotatable bonds is 3. The van der Waals surface area contributed by atoms with Crippen molar-refractivity contribution in [2.45, 2.75) is 102 Å². The number of hydrogen-bond donors (Lipinski definition) is 0. The second-order valence-electron chi connectivity index (χ2n) is 16.5. The van der Waals surface area contributed by atoms with E-state index in [4.69, 9.17) is 0 Å². The second-order valence-corrected chi connectivity index (χ2v) is 18.9. The van der Waals surface area contributed by atoms with Gasteiger partial charge in [-0.3, -0.25) is 0 Å². The molecule has 0 N–H and O–H groups in total. The van der Waals surface area contributed by atoms with E-state index in [2.05, 4.69) is 138 Å². The van der Waals surface area contributed by atoms with Crippen LogP contribution < -0.4 is 0 Å². The van der Waals surface area contributed by atoms with E-state index >= 15 is 0 Å². The van der Waals surface area contributed by atoms with Gasteiger partial charge < -0.3 is 4.90 Å². The summed E-state index contributed by atoms with van der Waals surface area (Å²) in [5, 5.41) is 1.09. The monoisotopic (exact) mass is 715 g/mol. The molecule has 2 aromatic rings. The van der Waals surface area contributed by atoms with Crippen LogP contribution in [0.25, 0.3) is 5.57 Å². The molecule has 0 radical (unpaired) electrons. The van der Waals surface area contributed by atoms with Crippen LogP contribution >= 0.6 is 23.5 Å². The van der Waals surface area contributed by atoms with Crippen LogP contribution in [0.1, 0.15) is 87.3 Å². The molecule has 0 bridgehead atoms. The van der Waals surface area contributed by atoms with Crippen molar-refractivity contribution in [2.75, 3.05) is 0 Å². The van der Waals surface area contributed by atoms with Gasteiger partial charge in [-0.25, -0.2) is 0 Å². The molecule has 52 heavy (non-hydrogen) atoms. The molecule has 3 aliphatic heterocycles. The van der Waals surface area contributed by atoms with Crippen molar-refractivity contribution in [3.8, 4) is 0 Å². The lowest BCUT2D eigenvalue weighted by Gasteiger charge is -2.60. The van der Waals surface area contributed by atoms with E-state index in [1.165, 1.54) is 72.4 Å². The zero-order chi connectivity index (χ0) is 34.2. The van der Waals surface area contributed by atoms with Crippen molar-refractivity contribution in [1.29, 1.82) is 0 Å². The maximum absolute atomic E-state index is 2.77. The molecule has 1 nitrogen and oxygen atoms in total. The summed E-state index contributed by atoms with van der Waals surface area (Å²) < 4.78 is 0. The molecule has 8 unspecified atom stereocenters. The molecule has 0 aromatic heterocycles. The van der Waals surface area contributed by atoms with Crippen molar-refractivity contribution in [2.24, 2.45) is 23.7 Å². The molecule has 0 amide bonds. The first kappa shape index (κ1) is 32.1. The van der Waals surface area contributed by atoms with Crippen LogP contribution in [0.3, 0.4) is 0 Å². The lowest BCUT2D eigenvalue weighted by Crippen LogP contribution is -2.57. The topological polar surface area (TPSA) is 3.24 Å². The van der Waals surface area contributed by atoms with Gasteiger partial charge in [-0.1, -0.05) is 109 Å². The summed E-state index contributed by atoms with van der Waals surface area (Å²) in [5.41, 5.74) is 12.4. The quantitative estimate of drug-likeness (QED) is 0.291. The summed E-state index contributed by atoms with van der Waals surface area (Å²) in [6.45, 7) is 0. The first-order valence-electron chi connectivity index (χ1n) is 20.3. The van der Waals surface area contributed by atoms with Gasteiger partial charge in [0.05, 0.1) is 0 Å². The fraction of sp³-hybridized carbons (Fsp3) is 0.388. The number of nitrogens with zero attached hydrogens (tertiary/aromatic N) is 1. The highest BCUT2D eigenvalue weighted by Gasteiger charge is 2.60. The molecule has 3 heterocycles. The Morgan fingerprint density at radius 2 is 1.62 bits per heavy atom. The summed E-state index contributed by atoms with van der Waals surface area (Å²) in [7, 11) is 0. The summed E-state index contributed by atoms with van der Waals surface area (Å²) in [4.78, 5) is 5.74. The SMILES string of the molecule is C1=CC(C2CC=CC3C2SC2C=CCCC2C32c3ccccc3Sc3ccc(C4=CC5C6=C(CCC=C6)N(C6=CCCC=C6)C5CC4)cc32)=CCC1.